The summed E-state index contributed by atoms with van der Waals surface area (Å²) in [6.45, 7) is 4.65. The van der Waals surface area contributed by atoms with Crippen LogP contribution in [0.4, 0.5) is 0 Å². The smallest absolute Gasteiger partial charge is 0.243 e. The zero-order valence-electron chi connectivity index (χ0n) is 19.9. The number of hydrogen-bond donors (Lipinski definition) is 2. The molecule has 0 saturated carbocycles. The lowest BCUT2D eigenvalue weighted by atomic mass is 9.95. The van der Waals surface area contributed by atoms with Crippen LogP contribution in [0.1, 0.15) is 32.3 Å². The molecule has 0 radical (unpaired) electrons. The van der Waals surface area contributed by atoms with E-state index in [4.69, 9.17) is 4.74 Å². The lowest BCUT2D eigenvalue weighted by molar-refractivity contribution is -0.132. The summed E-state index contributed by atoms with van der Waals surface area (Å²) in [7, 11) is -1.97. The Morgan fingerprint density at radius 1 is 1.03 bits per heavy atom. The van der Waals surface area contributed by atoms with Crippen LogP contribution in [0.3, 0.4) is 0 Å². The van der Waals surface area contributed by atoms with Crippen LogP contribution < -0.4 is 15.4 Å². The predicted molar refractivity (Wildman–Crippen MR) is 130 cm³/mol. The fraction of sp³-hybridized carbons (Fsp3) is 0.440. The van der Waals surface area contributed by atoms with Gasteiger partial charge in [-0.25, -0.2) is 8.42 Å². The standard InChI is InChI=1S/C25H33N3O5S/c1-18(2)23(25(30)26-17-19-9-11-21(33-3)12-10-19)27-24(29)20-13-15-28(16-14-20)34(31,32)22-7-5-4-6-8-22/h4-12,18,20,23H,13-17H2,1-3H3,(H,26,30)(H,27,29)/t23-/m1/s1. The molecule has 2 N–H and O–H groups in total. The van der Waals surface area contributed by atoms with E-state index in [2.05, 4.69) is 10.6 Å². The van der Waals surface area contributed by atoms with Crippen LogP contribution in [-0.2, 0) is 26.2 Å². The van der Waals surface area contributed by atoms with Crippen LogP contribution in [0.25, 0.3) is 0 Å². The molecular weight excluding hydrogens is 454 g/mol. The molecule has 1 heterocycles. The normalized spacial score (nSPS) is 16.1. The SMILES string of the molecule is COc1ccc(CNC(=O)[C@H](NC(=O)C2CCN(S(=O)(=O)c3ccccc3)CC2)C(C)C)cc1. The maximum atomic E-state index is 12.9. The molecule has 0 aromatic heterocycles. The summed E-state index contributed by atoms with van der Waals surface area (Å²) in [6.07, 6.45) is 0.826. The Morgan fingerprint density at radius 3 is 2.21 bits per heavy atom. The number of nitrogens with zero attached hydrogens (tertiary/aromatic N) is 1. The quantitative estimate of drug-likeness (QED) is 0.566. The van der Waals surface area contributed by atoms with Crippen molar-refractivity contribution in [3.63, 3.8) is 0 Å². The molecule has 8 nitrogen and oxygen atoms in total. The third-order valence-corrected chi connectivity index (χ3v) is 7.99. The summed E-state index contributed by atoms with van der Waals surface area (Å²) in [5.41, 5.74) is 0.926. The summed E-state index contributed by atoms with van der Waals surface area (Å²) in [6, 6.07) is 15.0. The van der Waals surface area contributed by atoms with E-state index in [9.17, 15) is 18.0 Å². The van der Waals surface area contributed by atoms with Gasteiger partial charge in [-0.15, -0.1) is 0 Å². The summed E-state index contributed by atoms with van der Waals surface area (Å²) in [4.78, 5) is 26.0. The molecule has 0 aliphatic carbocycles. The number of carbonyl (C=O) groups is 2. The van der Waals surface area contributed by atoms with Gasteiger partial charge in [-0.2, -0.15) is 4.31 Å². The second-order valence-corrected chi connectivity index (χ2v) is 10.7. The van der Waals surface area contributed by atoms with Gasteiger partial charge >= 0.3 is 0 Å². The van der Waals surface area contributed by atoms with Gasteiger partial charge < -0.3 is 15.4 Å². The van der Waals surface area contributed by atoms with Crippen LogP contribution in [0.2, 0.25) is 0 Å². The van der Waals surface area contributed by atoms with Crippen LogP contribution in [0, 0.1) is 11.8 Å². The molecule has 184 valence electrons. The summed E-state index contributed by atoms with van der Waals surface area (Å²) in [5, 5.41) is 5.78. The first-order valence-electron chi connectivity index (χ1n) is 11.5. The topological polar surface area (TPSA) is 105 Å². The molecule has 1 atom stereocenters. The zero-order valence-corrected chi connectivity index (χ0v) is 20.7. The van der Waals surface area contributed by atoms with Crippen LogP contribution in [0.5, 0.6) is 5.75 Å². The van der Waals surface area contributed by atoms with Crippen molar-refractivity contribution in [3.05, 3.63) is 60.2 Å². The number of nitrogens with one attached hydrogen (secondary N) is 2. The molecular formula is C25H33N3O5S. The molecule has 1 aliphatic heterocycles. The Balaban J connectivity index is 1.53. The van der Waals surface area contributed by atoms with Crippen LogP contribution in [0.15, 0.2) is 59.5 Å². The molecule has 1 aliphatic rings. The second-order valence-electron chi connectivity index (χ2n) is 8.79. The van der Waals surface area contributed by atoms with E-state index in [0.717, 1.165) is 11.3 Å². The van der Waals surface area contributed by atoms with Gasteiger partial charge in [0.05, 0.1) is 12.0 Å². The highest BCUT2D eigenvalue weighted by Crippen LogP contribution is 2.24. The van der Waals surface area contributed by atoms with Crippen LogP contribution >= 0.6 is 0 Å². The predicted octanol–water partition coefficient (Wildman–Crippen LogP) is 2.55. The van der Waals surface area contributed by atoms with Gasteiger partial charge in [-0.3, -0.25) is 9.59 Å². The number of carbonyl (C=O) groups excluding carboxylic acids is 2. The number of benzene rings is 2. The first-order valence-corrected chi connectivity index (χ1v) is 12.9. The fourth-order valence-electron chi connectivity index (χ4n) is 3.95. The maximum absolute atomic E-state index is 12.9. The van der Waals surface area contributed by atoms with E-state index in [-0.39, 0.29) is 41.6 Å². The Kier molecular flexibility index (Phi) is 8.68. The van der Waals surface area contributed by atoms with Crippen molar-refractivity contribution < 1.29 is 22.7 Å². The number of methoxy groups -OCH3 is 1. The lowest BCUT2D eigenvalue weighted by Gasteiger charge is -2.32. The van der Waals surface area contributed by atoms with Gasteiger partial charge in [-0.05, 0) is 48.6 Å². The average Bonchev–Trinajstić information content (AvgIpc) is 2.86. The molecule has 1 fully saturated rings. The summed E-state index contributed by atoms with van der Waals surface area (Å²) in [5.74, 6) is -0.153. The highest BCUT2D eigenvalue weighted by molar-refractivity contribution is 7.89. The number of hydrogen-bond acceptors (Lipinski definition) is 5. The number of piperidine rings is 1. The molecule has 0 unspecified atom stereocenters. The molecule has 0 spiro atoms. The number of ether oxygens (including phenoxy) is 1. The van der Waals surface area contributed by atoms with E-state index in [1.807, 2.05) is 38.1 Å². The molecule has 3 rings (SSSR count). The largest absolute Gasteiger partial charge is 0.497 e. The molecule has 2 aromatic rings. The zero-order chi connectivity index (χ0) is 24.7. The minimum Gasteiger partial charge on any atom is -0.497 e. The van der Waals surface area contributed by atoms with Crippen molar-refractivity contribution in [2.45, 2.75) is 44.2 Å². The first kappa shape index (κ1) is 25.7. The van der Waals surface area contributed by atoms with E-state index in [0.29, 0.717) is 19.4 Å². The number of rotatable bonds is 9. The molecule has 1 saturated heterocycles. The molecule has 2 amide bonds. The summed E-state index contributed by atoms with van der Waals surface area (Å²) < 4.78 is 32.2. The lowest BCUT2D eigenvalue weighted by Crippen LogP contribution is -2.52. The van der Waals surface area contributed by atoms with Gasteiger partial charge in [0, 0.05) is 25.6 Å². The maximum Gasteiger partial charge on any atom is 0.243 e. The van der Waals surface area contributed by atoms with Gasteiger partial charge in [0.25, 0.3) is 0 Å². The molecule has 0 bridgehead atoms. The van der Waals surface area contributed by atoms with Crippen molar-refractivity contribution in [2.24, 2.45) is 11.8 Å². The molecule has 2 aromatic carbocycles. The van der Waals surface area contributed by atoms with E-state index < -0.39 is 16.1 Å². The third-order valence-electron chi connectivity index (χ3n) is 6.08. The van der Waals surface area contributed by atoms with Gasteiger partial charge in [0.1, 0.15) is 11.8 Å². The van der Waals surface area contributed by atoms with Gasteiger partial charge in [0.2, 0.25) is 21.8 Å². The number of sulfonamides is 1. The van der Waals surface area contributed by atoms with E-state index in [1.54, 1.807) is 37.4 Å². The minimum atomic E-state index is -3.57. The Labute approximate surface area is 201 Å². The number of amides is 2. The third kappa shape index (κ3) is 6.36. The first-order chi connectivity index (χ1) is 16.2. The average molecular weight is 488 g/mol. The van der Waals surface area contributed by atoms with Crippen molar-refractivity contribution in [3.8, 4) is 5.75 Å². The van der Waals surface area contributed by atoms with Crippen molar-refractivity contribution in [2.75, 3.05) is 20.2 Å². The minimum absolute atomic E-state index is 0.0987. The fourth-order valence-corrected chi connectivity index (χ4v) is 5.44. The van der Waals surface area contributed by atoms with E-state index in [1.165, 1.54) is 4.31 Å². The second kappa shape index (κ2) is 11.5. The van der Waals surface area contributed by atoms with Crippen molar-refractivity contribution in [1.82, 2.24) is 14.9 Å². The Morgan fingerprint density at radius 2 is 1.65 bits per heavy atom. The van der Waals surface area contributed by atoms with Crippen LogP contribution in [-0.4, -0.2) is 50.8 Å². The molecule has 34 heavy (non-hydrogen) atoms. The van der Waals surface area contributed by atoms with E-state index >= 15 is 0 Å². The highest BCUT2D eigenvalue weighted by Gasteiger charge is 2.34. The monoisotopic (exact) mass is 487 g/mol. The summed E-state index contributed by atoms with van der Waals surface area (Å²) >= 11 is 0. The van der Waals surface area contributed by atoms with Gasteiger partial charge in [0.15, 0.2) is 0 Å². The Hall–Kier alpha value is -2.91. The highest BCUT2D eigenvalue weighted by atomic mass is 32.2. The van der Waals surface area contributed by atoms with Gasteiger partial charge in [-0.1, -0.05) is 44.2 Å². The molecule has 9 heteroatoms. The van der Waals surface area contributed by atoms with Crippen molar-refractivity contribution >= 4 is 21.8 Å². The Bertz CT molecular complexity index is 1060. The van der Waals surface area contributed by atoms with Crippen molar-refractivity contribution in [1.29, 1.82) is 0 Å².